The molecule has 0 radical (unpaired) electrons. The zero-order valence-corrected chi connectivity index (χ0v) is 14.2. The van der Waals surface area contributed by atoms with Crippen LogP contribution in [-0.4, -0.2) is 39.8 Å². The van der Waals surface area contributed by atoms with Crippen LogP contribution in [0.15, 0.2) is 48.9 Å². The molecule has 0 bridgehead atoms. The lowest BCUT2D eigenvalue weighted by Gasteiger charge is -2.35. The van der Waals surface area contributed by atoms with Crippen molar-refractivity contribution in [1.29, 1.82) is 0 Å². The maximum atomic E-state index is 12.4. The molecule has 1 aliphatic rings. The first kappa shape index (κ1) is 15.6. The van der Waals surface area contributed by atoms with Crippen LogP contribution in [0, 0.1) is 0 Å². The van der Waals surface area contributed by atoms with E-state index in [0.29, 0.717) is 5.56 Å². The van der Waals surface area contributed by atoms with Gasteiger partial charge in [-0.3, -0.25) is 14.5 Å². The van der Waals surface area contributed by atoms with Crippen molar-refractivity contribution in [2.75, 3.05) is 18.0 Å². The van der Waals surface area contributed by atoms with Crippen molar-refractivity contribution >= 4 is 22.5 Å². The van der Waals surface area contributed by atoms with Gasteiger partial charge in [0.05, 0.1) is 17.3 Å². The van der Waals surface area contributed by atoms with Crippen LogP contribution in [0.3, 0.4) is 0 Å². The molecule has 2 aromatic heterocycles. The van der Waals surface area contributed by atoms with E-state index in [1.54, 1.807) is 17.1 Å². The molecule has 3 heterocycles. The van der Waals surface area contributed by atoms with E-state index in [4.69, 9.17) is 0 Å². The van der Waals surface area contributed by atoms with Crippen LogP contribution in [0.4, 0.5) is 5.69 Å². The largest absolute Gasteiger partial charge is 0.369 e. The van der Waals surface area contributed by atoms with Gasteiger partial charge in [0.1, 0.15) is 0 Å². The predicted octanol–water partition coefficient (Wildman–Crippen LogP) is 2.37. The number of piperidine rings is 1. The van der Waals surface area contributed by atoms with E-state index in [2.05, 4.69) is 32.4 Å². The fourth-order valence-electron chi connectivity index (χ4n) is 3.48. The summed E-state index contributed by atoms with van der Waals surface area (Å²) in [6, 6.07) is 10.4. The highest BCUT2D eigenvalue weighted by molar-refractivity contribution is 5.94. The first-order chi connectivity index (χ1) is 12.2. The first-order valence-corrected chi connectivity index (χ1v) is 8.59. The molecule has 1 aromatic carbocycles. The highest BCUT2D eigenvalue weighted by Crippen LogP contribution is 2.27. The quantitative estimate of drug-likeness (QED) is 0.798. The molecule has 128 valence electrons. The van der Waals surface area contributed by atoms with E-state index in [1.807, 2.05) is 31.4 Å². The maximum absolute atomic E-state index is 12.4. The monoisotopic (exact) mass is 335 g/mol. The molecule has 6 nitrogen and oxygen atoms in total. The summed E-state index contributed by atoms with van der Waals surface area (Å²) in [5.41, 5.74) is 2.79. The Morgan fingerprint density at radius 1 is 1.28 bits per heavy atom. The number of rotatable bonds is 3. The molecule has 0 spiro atoms. The lowest BCUT2D eigenvalue weighted by molar-refractivity contribution is 0.0933. The van der Waals surface area contributed by atoms with Crippen molar-refractivity contribution in [2.24, 2.45) is 7.05 Å². The number of carbonyl (C=O) groups is 1. The summed E-state index contributed by atoms with van der Waals surface area (Å²) >= 11 is 0. The number of carbonyl (C=O) groups excluding carboxylic acids is 1. The van der Waals surface area contributed by atoms with Crippen molar-refractivity contribution in [2.45, 2.75) is 18.9 Å². The Kier molecular flexibility index (Phi) is 4.09. The van der Waals surface area contributed by atoms with E-state index in [9.17, 15) is 4.79 Å². The molecule has 4 rings (SSSR count). The van der Waals surface area contributed by atoms with Gasteiger partial charge in [-0.2, -0.15) is 5.10 Å². The highest BCUT2D eigenvalue weighted by Gasteiger charge is 2.23. The number of hydrogen-bond donors (Lipinski definition) is 1. The lowest BCUT2D eigenvalue weighted by atomic mass is 10.0. The minimum absolute atomic E-state index is 0.0560. The number of para-hydroxylation sites is 1. The van der Waals surface area contributed by atoms with Crippen LogP contribution >= 0.6 is 0 Å². The molecular weight excluding hydrogens is 314 g/mol. The third kappa shape index (κ3) is 3.20. The van der Waals surface area contributed by atoms with Gasteiger partial charge >= 0.3 is 0 Å². The molecule has 0 saturated carbocycles. The summed E-state index contributed by atoms with van der Waals surface area (Å²) < 4.78 is 1.64. The van der Waals surface area contributed by atoms with E-state index in [1.165, 1.54) is 5.69 Å². The van der Waals surface area contributed by atoms with Crippen molar-refractivity contribution in [1.82, 2.24) is 20.1 Å². The second-order valence-electron chi connectivity index (χ2n) is 6.51. The zero-order chi connectivity index (χ0) is 17.2. The van der Waals surface area contributed by atoms with Crippen LogP contribution in [0.25, 0.3) is 10.9 Å². The van der Waals surface area contributed by atoms with Gasteiger partial charge in [0.15, 0.2) is 0 Å². The Bertz CT molecular complexity index is 898. The third-order valence-electron chi connectivity index (χ3n) is 4.69. The standard InChI is InChI=1S/C19H21N5O/c1-23-12-14(11-21-23)19(25)22-15-5-4-10-24(13-15)18-8-9-20-17-7-3-2-6-16(17)18/h2-3,6-9,11-12,15H,4-5,10,13H2,1H3,(H,22,25). The van der Waals surface area contributed by atoms with Crippen LogP contribution in [0.2, 0.25) is 0 Å². The second kappa shape index (κ2) is 6.55. The number of nitrogens with zero attached hydrogens (tertiary/aromatic N) is 4. The van der Waals surface area contributed by atoms with Crippen LogP contribution in [0.1, 0.15) is 23.2 Å². The third-order valence-corrected chi connectivity index (χ3v) is 4.69. The average molecular weight is 335 g/mol. The SMILES string of the molecule is Cn1cc(C(=O)NC2CCCN(c3ccnc4ccccc34)C2)cn1. The number of amides is 1. The topological polar surface area (TPSA) is 63.1 Å². The lowest BCUT2D eigenvalue weighted by Crippen LogP contribution is -2.47. The number of benzene rings is 1. The van der Waals surface area contributed by atoms with Gasteiger partial charge in [-0.15, -0.1) is 0 Å². The molecule has 1 N–H and O–H groups in total. The number of aryl methyl sites for hydroxylation is 1. The minimum Gasteiger partial charge on any atom is -0.369 e. The maximum Gasteiger partial charge on any atom is 0.254 e. The molecule has 1 atom stereocenters. The first-order valence-electron chi connectivity index (χ1n) is 8.59. The zero-order valence-electron chi connectivity index (χ0n) is 14.2. The van der Waals surface area contributed by atoms with Gasteiger partial charge in [0.2, 0.25) is 0 Å². The smallest absolute Gasteiger partial charge is 0.254 e. The number of pyridine rings is 1. The van der Waals surface area contributed by atoms with E-state index in [-0.39, 0.29) is 11.9 Å². The molecule has 1 saturated heterocycles. The molecule has 3 aromatic rings. The molecular formula is C19H21N5O. The molecule has 6 heteroatoms. The van der Waals surface area contributed by atoms with Crippen LogP contribution in [-0.2, 0) is 7.05 Å². The Morgan fingerprint density at radius 3 is 3.00 bits per heavy atom. The summed E-state index contributed by atoms with van der Waals surface area (Å²) in [7, 11) is 1.81. The van der Waals surface area contributed by atoms with Gasteiger partial charge in [-0.25, -0.2) is 0 Å². The molecule has 0 aliphatic carbocycles. The Labute approximate surface area is 146 Å². The van der Waals surface area contributed by atoms with Gasteiger partial charge in [0, 0.05) is 49.6 Å². The summed E-state index contributed by atoms with van der Waals surface area (Å²) in [5.74, 6) is -0.0560. The van der Waals surface area contributed by atoms with Crippen LogP contribution < -0.4 is 10.2 Å². The predicted molar refractivity (Wildman–Crippen MR) is 97.7 cm³/mol. The Hall–Kier alpha value is -2.89. The molecule has 1 fully saturated rings. The Morgan fingerprint density at radius 2 is 2.16 bits per heavy atom. The molecule has 25 heavy (non-hydrogen) atoms. The van der Waals surface area contributed by atoms with Gasteiger partial charge in [-0.1, -0.05) is 18.2 Å². The Balaban J connectivity index is 1.52. The number of nitrogens with one attached hydrogen (secondary N) is 1. The van der Waals surface area contributed by atoms with Gasteiger partial charge in [0.25, 0.3) is 5.91 Å². The molecule has 1 aliphatic heterocycles. The van der Waals surface area contributed by atoms with Gasteiger partial charge in [-0.05, 0) is 25.0 Å². The van der Waals surface area contributed by atoms with E-state index >= 15 is 0 Å². The fraction of sp³-hybridized carbons (Fsp3) is 0.316. The summed E-state index contributed by atoms with van der Waals surface area (Å²) in [6.45, 7) is 1.80. The fourth-order valence-corrected chi connectivity index (χ4v) is 3.48. The minimum atomic E-state index is -0.0560. The summed E-state index contributed by atoms with van der Waals surface area (Å²) in [6.07, 6.45) is 7.24. The van der Waals surface area contributed by atoms with Crippen molar-refractivity contribution in [3.63, 3.8) is 0 Å². The second-order valence-corrected chi connectivity index (χ2v) is 6.51. The number of fused-ring (bicyclic) bond motifs is 1. The van der Waals surface area contributed by atoms with Gasteiger partial charge < -0.3 is 10.2 Å². The number of anilines is 1. The molecule has 1 amide bonds. The summed E-state index contributed by atoms with van der Waals surface area (Å²) in [5, 5.41) is 8.37. The van der Waals surface area contributed by atoms with E-state index in [0.717, 1.165) is 36.8 Å². The average Bonchev–Trinajstić information content (AvgIpc) is 3.08. The number of hydrogen-bond acceptors (Lipinski definition) is 4. The molecule has 1 unspecified atom stereocenters. The summed E-state index contributed by atoms with van der Waals surface area (Å²) in [4.78, 5) is 19.2. The van der Waals surface area contributed by atoms with E-state index < -0.39 is 0 Å². The normalized spacial score (nSPS) is 17.6. The van der Waals surface area contributed by atoms with Crippen molar-refractivity contribution in [3.05, 3.63) is 54.5 Å². The van der Waals surface area contributed by atoms with Crippen LogP contribution in [0.5, 0.6) is 0 Å². The number of aromatic nitrogens is 3. The van der Waals surface area contributed by atoms with Crippen molar-refractivity contribution in [3.8, 4) is 0 Å². The van der Waals surface area contributed by atoms with Crippen molar-refractivity contribution < 1.29 is 4.79 Å². The highest BCUT2D eigenvalue weighted by atomic mass is 16.1.